The Morgan fingerprint density at radius 2 is 2.13 bits per heavy atom. The standard InChI is InChI=1S/C17H15N5O/c1-11(14-5-3-4-13(8-14)10-18)20-16-9-15(6-7-19-16)17-21-12(2)22-23-17/h3-9,11H,1-2H3,(H,19,20). The summed E-state index contributed by atoms with van der Waals surface area (Å²) in [5.41, 5.74) is 2.46. The predicted molar refractivity (Wildman–Crippen MR) is 85.5 cm³/mol. The lowest BCUT2D eigenvalue weighted by Crippen LogP contribution is -2.08. The van der Waals surface area contributed by atoms with E-state index in [-0.39, 0.29) is 6.04 Å². The highest BCUT2D eigenvalue weighted by atomic mass is 16.5. The first kappa shape index (κ1) is 14.7. The lowest BCUT2D eigenvalue weighted by Gasteiger charge is -2.15. The molecule has 0 spiro atoms. The first-order valence-corrected chi connectivity index (χ1v) is 7.19. The van der Waals surface area contributed by atoms with Crippen molar-refractivity contribution in [2.45, 2.75) is 19.9 Å². The van der Waals surface area contributed by atoms with Crippen molar-refractivity contribution in [3.8, 4) is 17.5 Å². The van der Waals surface area contributed by atoms with Crippen molar-refractivity contribution in [1.29, 1.82) is 5.26 Å². The quantitative estimate of drug-likeness (QED) is 0.794. The molecule has 0 aliphatic carbocycles. The number of pyridine rings is 1. The summed E-state index contributed by atoms with van der Waals surface area (Å²) in [5, 5.41) is 16.1. The van der Waals surface area contributed by atoms with Crippen LogP contribution in [0.5, 0.6) is 0 Å². The molecule has 1 unspecified atom stereocenters. The van der Waals surface area contributed by atoms with Crippen LogP contribution in [0.1, 0.15) is 29.9 Å². The van der Waals surface area contributed by atoms with Gasteiger partial charge in [0, 0.05) is 17.8 Å². The van der Waals surface area contributed by atoms with Gasteiger partial charge in [-0.25, -0.2) is 4.98 Å². The van der Waals surface area contributed by atoms with Crippen LogP contribution in [0.3, 0.4) is 0 Å². The maximum absolute atomic E-state index is 8.99. The molecule has 0 aliphatic heterocycles. The van der Waals surface area contributed by atoms with E-state index < -0.39 is 0 Å². The van der Waals surface area contributed by atoms with E-state index in [4.69, 9.17) is 9.78 Å². The number of anilines is 1. The second-order valence-corrected chi connectivity index (χ2v) is 5.18. The number of aryl methyl sites for hydroxylation is 1. The second-order valence-electron chi connectivity index (χ2n) is 5.18. The molecule has 114 valence electrons. The van der Waals surface area contributed by atoms with Crippen LogP contribution < -0.4 is 5.32 Å². The molecule has 1 aromatic carbocycles. The fraction of sp³-hybridized carbons (Fsp3) is 0.176. The fourth-order valence-corrected chi connectivity index (χ4v) is 2.24. The van der Waals surface area contributed by atoms with E-state index in [0.29, 0.717) is 23.1 Å². The Labute approximate surface area is 133 Å². The van der Waals surface area contributed by atoms with Gasteiger partial charge in [0.15, 0.2) is 5.82 Å². The van der Waals surface area contributed by atoms with E-state index in [2.05, 4.69) is 26.5 Å². The van der Waals surface area contributed by atoms with E-state index >= 15 is 0 Å². The summed E-state index contributed by atoms with van der Waals surface area (Å²) in [6, 6.07) is 13.3. The zero-order valence-electron chi connectivity index (χ0n) is 12.8. The van der Waals surface area contributed by atoms with Crippen LogP contribution in [0.2, 0.25) is 0 Å². The molecular weight excluding hydrogens is 290 g/mol. The predicted octanol–water partition coefficient (Wildman–Crippen LogP) is 3.48. The molecule has 1 atom stereocenters. The van der Waals surface area contributed by atoms with Crippen LogP contribution >= 0.6 is 0 Å². The van der Waals surface area contributed by atoms with Gasteiger partial charge >= 0.3 is 0 Å². The van der Waals surface area contributed by atoms with Crippen molar-refractivity contribution >= 4 is 5.82 Å². The fourth-order valence-electron chi connectivity index (χ4n) is 2.24. The van der Waals surface area contributed by atoms with Crippen molar-refractivity contribution in [3.63, 3.8) is 0 Å². The molecule has 0 bridgehead atoms. The van der Waals surface area contributed by atoms with Crippen LogP contribution in [0.4, 0.5) is 5.82 Å². The Balaban J connectivity index is 1.81. The molecule has 0 saturated heterocycles. The summed E-state index contributed by atoms with van der Waals surface area (Å²) >= 11 is 0. The molecule has 0 radical (unpaired) electrons. The minimum Gasteiger partial charge on any atom is -0.364 e. The summed E-state index contributed by atoms with van der Waals surface area (Å²) in [7, 11) is 0. The zero-order chi connectivity index (χ0) is 16.2. The van der Waals surface area contributed by atoms with Crippen LogP contribution in [-0.4, -0.2) is 15.1 Å². The highest BCUT2D eigenvalue weighted by molar-refractivity contribution is 5.58. The molecule has 2 aromatic heterocycles. The van der Waals surface area contributed by atoms with Gasteiger partial charge in [0.25, 0.3) is 5.89 Å². The number of nitriles is 1. The number of hydrogen-bond acceptors (Lipinski definition) is 6. The third-order valence-electron chi connectivity index (χ3n) is 3.41. The second kappa shape index (κ2) is 6.28. The van der Waals surface area contributed by atoms with Crippen LogP contribution in [-0.2, 0) is 0 Å². The molecule has 23 heavy (non-hydrogen) atoms. The molecule has 1 N–H and O–H groups in total. The monoisotopic (exact) mass is 305 g/mol. The van der Waals surface area contributed by atoms with Crippen LogP contribution in [0, 0.1) is 18.3 Å². The zero-order valence-corrected chi connectivity index (χ0v) is 12.8. The Hall–Kier alpha value is -3.20. The van der Waals surface area contributed by atoms with Gasteiger partial charge in [0.05, 0.1) is 11.6 Å². The van der Waals surface area contributed by atoms with Gasteiger partial charge in [-0.3, -0.25) is 0 Å². The van der Waals surface area contributed by atoms with Crippen molar-refractivity contribution < 1.29 is 4.52 Å². The summed E-state index contributed by atoms with van der Waals surface area (Å²) < 4.78 is 5.17. The number of hydrogen-bond donors (Lipinski definition) is 1. The Kier molecular flexibility index (Phi) is 4.02. The highest BCUT2D eigenvalue weighted by Gasteiger charge is 2.10. The molecule has 2 heterocycles. The van der Waals surface area contributed by atoms with Crippen LogP contribution in [0.15, 0.2) is 47.1 Å². The molecular formula is C17H15N5O. The van der Waals surface area contributed by atoms with Gasteiger partial charge < -0.3 is 9.84 Å². The Morgan fingerprint density at radius 3 is 2.87 bits per heavy atom. The van der Waals surface area contributed by atoms with Gasteiger partial charge in [-0.1, -0.05) is 17.3 Å². The molecule has 3 aromatic rings. The third-order valence-corrected chi connectivity index (χ3v) is 3.41. The summed E-state index contributed by atoms with van der Waals surface area (Å²) in [6.07, 6.45) is 1.69. The first-order valence-electron chi connectivity index (χ1n) is 7.19. The third kappa shape index (κ3) is 3.35. The van der Waals surface area contributed by atoms with Gasteiger partial charge in [0.1, 0.15) is 5.82 Å². The van der Waals surface area contributed by atoms with Crippen molar-refractivity contribution in [2.75, 3.05) is 5.32 Å². The topological polar surface area (TPSA) is 87.6 Å². The SMILES string of the molecule is Cc1noc(-c2ccnc(NC(C)c3cccc(C#N)c3)c2)n1. The van der Waals surface area contributed by atoms with Gasteiger partial charge in [-0.05, 0) is 43.7 Å². The molecule has 3 rings (SSSR count). The van der Waals surface area contributed by atoms with E-state index in [1.165, 1.54) is 0 Å². The molecule has 0 amide bonds. The minimum atomic E-state index is 0.00970. The van der Waals surface area contributed by atoms with Gasteiger partial charge in [-0.15, -0.1) is 0 Å². The summed E-state index contributed by atoms with van der Waals surface area (Å²) in [5.74, 6) is 1.76. The Bertz CT molecular complexity index is 865. The molecule has 0 fully saturated rings. The Morgan fingerprint density at radius 1 is 1.26 bits per heavy atom. The average molecular weight is 305 g/mol. The molecule has 0 saturated carbocycles. The molecule has 0 aliphatic rings. The van der Waals surface area contributed by atoms with E-state index in [1.807, 2.05) is 37.3 Å². The van der Waals surface area contributed by atoms with Crippen molar-refractivity contribution in [2.24, 2.45) is 0 Å². The lowest BCUT2D eigenvalue weighted by atomic mass is 10.1. The summed E-state index contributed by atoms with van der Waals surface area (Å²) in [4.78, 5) is 8.53. The highest BCUT2D eigenvalue weighted by Crippen LogP contribution is 2.23. The number of rotatable bonds is 4. The first-order chi connectivity index (χ1) is 11.2. The largest absolute Gasteiger partial charge is 0.364 e. The van der Waals surface area contributed by atoms with E-state index in [1.54, 1.807) is 19.2 Å². The van der Waals surface area contributed by atoms with Crippen LogP contribution in [0.25, 0.3) is 11.5 Å². The number of benzene rings is 1. The normalized spacial score (nSPS) is 11.7. The maximum atomic E-state index is 8.99. The van der Waals surface area contributed by atoms with Gasteiger partial charge in [-0.2, -0.15) is 10.2 Å². The number of nitrogens with one attached hydrogen (secondary N) is 1. The van der Waals surface area contributed by atoms with Crippen molar-refractivity contribution in [3.05, 3.63) is 59.5 Å². The molecule has 6 nitrogen and oxygen atoms in total. The number of nitrogens with zero attached hydrogens (tertiary/aromatic N) is 4. The summed E-state index contributed by atoms with van der Waals surface area (Å²) in [6.45, 7) is 3.79. The van der Waals surface area contributed by atoms with E-state index in [0.717, 1.165) is 11.1 Å². The molecule has 6 heteroatoms. The smallest absolute Gasteiger partial charge is 0.258 e. The average Bonchev–Trinajstić information content (AvgIpc) is 3.02. The van der Waals surface area contributed by atoms with Gasteiger partial charge in [0.2, 0.25) is 0 Å². The maximum Gasteiger partial charge on any atom is 0.258 e. The minimum absolute atomic E-state index is 0.00970. The number of aromatic nitrogens is 3. The van der Waals surface area contributed by atoms with E-state index in [9.17, 15) is 0 Å². The lowest BCUT2D eigenvalue weighted by molar-refractivity contribution is 0.425. The van der Waals surface area contributed by atoms with Crippen molar-refractivity contribution in [1.82, 2.24) is 15.1 Å².